The highest BCUT2D eigenvalue weighted by Gasteiger charge is 2.16. The van der Waals surface area contributed by atoms with Crippen molar-refractivity contribution in [2.45, 2.75) is 104 Å². The number of unbranched alkanes of at least 4 members (excludes halogenated alkanes) is 10. The molecule has 0 saturated carbocycles. The number of aromatic nitrogens is 2. The van der Waals surface area contributed by atoms with Gasteiger partial charge in [0.15, 0.2) is 0 Å². The van der Waals surface area contributed by atoms with Gasteiger partial charge in [-0.2, -0.15) is 0 Å². The summed E-state index contributed by atoms with van der Waals surface area (Å²) in [6.45, 7) is 4.56. The Balaban J connectivity index is 1.85. The van der Waals surface area contributed by atoms with E-state index >= 15 is 0 Å². The molecule has 3 rings (SSSR count). The van der Waals surface area contributed by atoms with Gasteiger partial charge >= 0.3 is 0 Å². The zero-order valence-corrected chi connectivity index (χ0v) is 21.6. The van der Waals surface area contributed by atoms with E-state index in [0.717, 1.165) is 35.4 Å². The third-order valence-electron chi connectivity index (χ3n) is 6.68. The number of aryl methyl sites for hydroxylation is 2. The van der Waals surface area contributed by atoms with Gasteiger partial charge in [-0.15, -0.1) is 0 Å². The van der Waals surface area contributed by atoms with Crippen LogP contribution in [-0.2, 0) is 12.8 Å². The summed E-state index contributed by atoms with van der Waals surface area (Å²) in [5.41, 5.74) is 6.82. The van der Waals surface area contributed by atoms with Gasteiger partial charge in [0.2, 0.25) is 0 Å². The molecule has 1 heterocycles. The van der Waals surface area contributed by atoms with Crippen LogP contribution in [0.25, 0.3) is 22.5 Å². The van der Waals surface area contributed by atoms with Gasteiger partial charge in [-0.25, -0.2) is 9.97 Å². The van der Waals surface area contributed by atoms with Gasteiger partial charge in [-0.3, -0.25) is 0 Å². The van der Waals surface area contributed by atoms with Crippen LogP contribution in [0.5, 0.6) is 0 Å². The first kappa shape index (κ1) is 26.1. The molecule has 0 radical (unpaired) electrons. The van der Waals surface area contributed by atoms with Crippen molar-refractivity contribution in [1.82, 2.24) is 9.97 Å². The second-order valence-electron chi connectivity index (χ2n) is 9.58. The van der Waals surface area contributed by atoms with Crippen molar-refractivity contribution in [2.24, 2.45) is 0 Å². The van der Waals surface area contributed by atoms with Crippen molar-refractivity contribution in [3.8, 4) is 22.5 Å². The lowest BCUT2D eigenvalue weighted by atomic mass is 10.00. The van der Waals surface area contributed by atoms with Crippen molar-refractivity contribution in [2.75, 3.05) is 0 Å². The van der Waals surface area contributed by atoms with E-state index in [9.17, 15) is 0 Å². The number of rotatable bonds is 16. The Morgan fingerprint density at radius 1 is 0.441 bits per heavy atom. The SMILES string of the molecule is CCCCCCCCc1nc(-c2ccccc2)c(-c2ccccc2)nc1CCCCCCCC. The zero-order valence-electron chi connectivity index (χ0n) is 21.6. The van der Waals surface area contributed by atoms with Gasteiger partial charge in [0.1, 0.15) is 0 Å². The van der Waals surface area contributed by atoms with E-state index in [-0.39, 0.29) is 0 Å². The Labute approximate surface area is 208 Å². The Morgan fingerprint density at radius 3 is 1.18 bits per heavy atom. The molecular formula is C32H44N2. The Hall–Kier alpha value is -2.48. The normalized spacial score (nSPS) is 11.1. The second kappa shape index (κ2) is 15.4. The van der Waals surface area contributed by atoms with Crippen LogP contribution >= 0.6 is 0 Å². The van der Waals surface area contributed by atoms with Crippen LogP contribution in [0.1, 0.15) is 102 Å². The smallest absolute Gasteiger partial charge is 0.0968 e. The van der Waals surface area contributed by atoms with E-state index in [1.807, 2.05) is 0 Å². The topological polar surface area (TPSA) is 25.8 Å². The minimum Gasteiger partial charge on any atom is -0.249 e. The van der Waals surface area contributed by atoms with Gasteiger partial charge in [0, 0.05) is 11.1 Å². The Morgan fingerprint density at radius 2 is 0.794 bits per heavy atom. The predicted octanol–water partition coefficient (Wildman–Crippen LogP) is 9.62. The molecule has 0 spiro atoms. The lowest BCUT2D eigenvalue weighted by molar-refractivity contribution is 0.592. The van der Waals surface area contributed by atoms with E-state index in [1.165, 1.54) is 88.4 Å². The van der Waals surface area contributed by atoms with Crippen LogP contribution < -0.4 is 0 Å². The third-order valence-corrected chi connectivity index (χ3v) is 6.68. The number of nitrogens with zero attached hydrogens (tertiary/aromatic N) is 2. The summed E-state index contributed by atoms with van der Waals surface area (Å²) in [4.78, 5) is 10.6. The maximum absolute atomic E-state index is 5.32. The standard InChI is InChI=1S/C32H44N2/c1-3-5-7-9-11-19-25-29-30(26-20-12-10-8-6-4-2)34-32(28-23-17-14-18-24-28)31(33-29)27-21-15-13-16-22-27/h13-18,21-24H,3-12,19-20,25-26H2,1-2H3. The molecule has 3 aromatic rings. The molecule has 2 heteroatoms. The molecule has 182 valence electrons. The van der Waals surface area contributed by atoms with Crippen molar-refractivity contribution in [3.05, 3.63) is 72.1 Å². The fourth-order valence-electron chi connectivity index (χ4n) is 4.65. The molecule has 2 nitrogen and oxygen atoms in total. The van der Waals surface area contributed by atoms with Gasteiger partial charge < -0.3 is 0 Å². The van der Waals surface area contributed by atoms with E-state index < -0.39 is 0 Å². The molecule has 2 aromatic carbocycles. The first-order valence-corrected chi connectivity index (χ1v) is 13.8. The summed E-state index contributed by atoms with van der Waals surface area (Å²) >= 11 is 0. The van der Waals surface area contributed by atoms with Crippen LogP contribution in [0.2, 0.25) is 0 Å². The summed E-state index contributed by atoms with van der Waals surface area (Å²) in [5, 5.41) is 0. The quantitative estimate of drug-likeness (QED) is 0.200. The molecular weight excluding hydrogens is 412 g/mol. The first-order chi connectivity index (χ1) is 16.8. The maximum atomic E-state index is 5.32. The largest absolute Gasteiger partial charge is 0.249 e. The molecule has 34 heavy (non-hydrogen) atoms. The summed E-state index contributed by atoms with van der Waals surface area (Å²) in [5.74, 6) is 0. The summed E-state index contributed by atoms with van der Waals surface area (Å²) in [7, 11) is 0. The second-order valence-corrected chi connectivity index (χ2v) is 9.58. The van der Waals surface area contributed by atoms with Gasteiger partial charge in [-0.1, -0.05) is 139 Å². The molecule has 0 unspecified atom stereocenters. The average Bonchev–Trinajstić information content (AvgIpc) is 2.89. The van der Waals surface area contributed by atoms with E-state index in [4.69, 9.17) is 9.97 Å². The monoisotopic (exact) mass is 456 g/mol. The zero-order chi connectivity index (χ0) is 23.8. The van der Waals surface area contributed by atoms with Crippen LogP contribution in [0, 0.1) is 0 Å². The Kier molecular flexibility index (Phi) is 11.9. The molecule has 0 aliphatic heterocycles. The molecule has 0 aliphatic carbocycles. The van der Waals surface area contributed by atoms with Crippen LogP contribution in [0.4, 0.5) is 0 Å². The molecule has 0 saturated heterocycles. The van der Waals surface area contributed by atoms with Crippen molar-refractivity contribution < 1.29 is 0 Å². The fraction of sp³-hybridized carbons (Fsp3) is 0.500. The first-order valence-electron chi connectivity index (χ1n) is 13.8. The Bertz CT molecular complexity index is 855. The van der Waals surface area contributed by atoms with Crippen LogP contribution in [-0.4, -0.2) is 9.97 Å². The molecule has 1 aromatic heterocycles. The van der Waals surface area contributed by atoms with Gasteiger partial charge in [0.05, 0.1) is 22.8 Å². The lowest BCUT2D eigenvalue weighted by Gasteiger charge is -2.15. The minimum absolute atomic E-state index is 1.03. The molecule has 0 aliphatic rings. The van der Waals surface area contributed by atoms with E-state index in [1.54, 1.807) is 0 Å². The highest BCUT2D eigenvalue weighted by atomic mass is 14.9. The third kappa shape index (κ3) is 8.38. The predicted molar refractivity (Wildman–Crippen MR) is 147 cm³/mol. The number of benzene rings is 2. The fourth-order valence-corrected chi connectivity index (χ4v) is 4.65. The van der Waals surface area contributed by atoms with Crippen molar-refractivity contribution >= 4 is 0 Å². The lowest BCUT2D eigenvalue weighted by Crippen LogP contribution is -2.07. The maximum Gasteiger partial charge on any atom is 0.0968 e. The van der Waals surface area contributed by atoms with Crippen molar-refractivity contribution in [3.63, 3.8) is 0 Å². The van der Waals surface area contributed by atoms with Gasteiger partial charge in [0.25, 0.3) is 0 Å². The highest BCUT2D eigenvalue weighted by molar-refractivity contribution is 5.78. The average molecular weight is 457 g/mol. The molecule has 0 atom stereocenters. The molecule has 0 bridgehead atoms. The summed E-state index contributed by atoms with van der Waals surface area (Å²) in [6, 6.07) is 21.2. The van der Waals surface area contributed by atoms with Gasteiger partial charge in [-0.05, 0) is 25.7 Å². The van der Waals surface area contributed by atoms with Crippen LogP contribution in [0.3, 0.4) is 0 Å². The summed E-state index contributed by atoms with van der Waals surface area (Å²) in [6.07, 6.45) is 17.8. The minimum atomic E-state index is 1.03. The van der Waals surface area contributed by atoms with E-state index in [0.29, 0.717) is 0 Å². The highest BCUT2D eigenvalue weighted by Crippen LogP contribution is 2.31. The van der Waals surface area contributed by atoms with Crippen LogP contribution in [0.15, 0.2) is 60.7 Å². The molecule has 0 fully saturated rings. The van der Waals surface area contributed by atoms with Crippen molar-refractivity contribution in [1.29, 1.82) is 0 Å². The number of hydrogen-bond acceptors (Lipinski definition) is 2. The molecule has 0 amide bonds. The summed E-state index contributed by atoms with van der Waals surface area (Å²) < 4.78 is 0. The number of hydrogen-bond donors (Lipinski definition) is 0. The molecule has 0 N–H and O–H groups in total. The van der Waals surface area contributed by atoms with E-state index in [2.05, 4.69) is 74.5 Å².